The summed E-state index contributed by atoms with van der Waals surface area (Å²) >= 11 is 0. The minimum Gasteiger partial charge on any atom is -0.478 e. The molecule has 0 aliphatic heterocycles. The predicted octanol–water partition coefficient (Wildman–Crippen LogP) is 2.42. The van der Waals surface area contributed by atoms with Crippen molar-refractivity contribution >= 4 is 11.9 Å². The van der Waals surface area contributed by atoms with Crippen molar-refractivity contribution in [3.63, 3.8) is 0 Å². The fourth-order valence-corrected chi connectivity index (χ4v) is 1.58. The van der Waals surface area contributed by atoms with Crippen LogP contribution in [-0.2, 0) is 9.59 Å². The molecule has 6 heteroatoms. The zero-order chi connectivity index (χ0) is 18.1. The molecule has 0 aromatic carbocycles. The maximum atomic E-state index is 9.60. The van der Waals surface area contributed by atoms with Crippen molar-refractivity contribution in [2.45, 2.75) is 52.7 Å². The Kier molecular flexibility index (Phi) is 10.4. The predicted molar refractivity (Wildman–Crippen MR) is 84.2 cm³/mol. The minimum absolute atomic E-state index is 0.0451. The van der Waals surface area contributed by atoms with E-state index in [4.69, 9.17) is 10.2 Å². The molecule has 0 bridgehead atoms. The van der Waals surface area contributed by atoms with Gasteiger partial charge in [0.25, 0.3) is 0 Å². The molecule has 1 aliphatic rings. The van der Waals surface area contributed by atoms with Crippen LogP contribution in [0.15, 0.2) is 24.3 Å². The summed E-state index contributed by atoms with van der Waals surface area (Å²) in [6.07, 6.45) is 2.60. The van der Waals surface area contributed by atoms with Crippen LogP contribution < -0.4 is 0 Å². The molecule has 6 nitrogen and oxygen atoms in total. The first kappa shape index (κ1) is 22.6. The molecule has 2 unspecified atom stereocenters. The number of aliphatic carboxylic acids is 2. The Morgan fingerprint density at radius 1 is 0.955 bits per heavy atom. The summed E-state index contributed by atoms with van der Waals surface area (Å²) in [5.74, 6) is -2.75. The third-order valence-electron chi connectivity index (χ3n) is 3.26. The van der Waals surface area contributed by atoms with Gasteiger partial charge in [-0.2, -0.15) is 0 Å². The van der Waals surface area contributed by atoms with E-state index in [1.165, 1.54) is 13.8 Å². The van der Waals surface area contributed by atoms with Crippen molar-refractivity contribution < 1.29 is 30.0 Å². The average Bonchev–Trinajstić information content (AvgIpc) is 2.35. The zero-order valence-corrected chi connectivity index (χ0v) is 13.8. The third kappa shape index (κ3) is 11.0. The highest BCUT2D eigenvalue weighted by Crippen LogP contribution is 2.34. The van der Waals surface area contributed by atoms with Gasteiger partial charge < -0.3 is 20.4 Å². The van der Waals surface area contributed by atoms with Gasteiger partial charge in [0.05, 0.1) is 0 Å². The second-order valence-corrected chi connectivity index (χ2v) is 5.84. The SMILES string of the molecule is C=C(C)C(=O)O.C=C(C)C(=O)O.CC1CCC(C)C(O)(O)C1. The first-order chi connectivity index (χ1) is 9.81. The summed E-state index contributed by atoms with van der Waals surface area (Å²) in [5.41, 5.74) is 0.352. The van der Waals surface area contributed by atoms with Crippen LogP contribution in [0, 0.1) is 11.8 Å². The number of carboxylic acid groups (broad SMARTS) is 2. The van der Waals surface area contributed by atoms with Gasteiger partial charge in [-0.05, 0) is 26.2 Å². The lowest BCUT2D eigenvalue weighted by molar-refractivity contribution is -0.220. The van der Waals surface area contributed by atoms with Gasteiger partial charge in [0.1, 0.15) is 0 Å². The molecule has 1 aliphatic carbocycles. The van der Waals surface area contributed by atoms with Crippen LogP contribution in [0.2, 0.25) is 0 Å². The van der Waals surface area contributed by atoms with Crippen molar-refractivity contribution in [2.24, 2.45) is 11.8 Å². The Morgan fingerprint density at radius 3 is 1.45 bits per heavy atom. The van der Waals surface area contributed by atoms with E-state index in [2.05, 4.69) is 20.1 Å². The van der Waals surface area contributed by atoms with E-state index in [1.54, 1.807) is 0 Å². The second kappa shape index (κ2) is 10.1. The number of carbonyl (C=O) groups is 2. The number of rotatable bonds is 2. The molecule has 22 heavy (non-hydrogen) atoms. The van der Waals surface area contributed by atoms with Crippen LogP contribution in [0.4, 0.5) is 0 Å². The molecule has 0 aromatic heterocycles. The van der Waals surface area contributed by atoms with Crippen LogP contribution >= 0.6 is 0 Å². The summed E-state index contributed by atoms with van der Waals surface area (Å²) in [4.78, 5) is 19.2. The lowest BCUT2D eigenvalue weighted by atomic mass is 9.79. The van der Waals surface area contributed by atoms with Gasteiger partial charge >= 0.3 is 11.9 Å². The monoisotopic (exact) mass is 316 g/mol. The molecule has 0 spiro atoms. The van der Waals surface area contributed by atoms with E-state index in [9.17, 15) is 19.8 Å². The smallest absolute Gasteiger partial charge is 0.330 e. The van der Waals surface area contributed by atoms with E-state index in [-0.39, 0.29) is 17.1 Å². The Bertz CT molecular complexity index is 363. The van der Waals surface area contributed by atoms with Gasteiger partial charge in [0.2, 0.25) is 0 Å². The molecule has 1 rings (SSSR count). The Balaban J connectivity index is 0. The van der Waals surface area contributed by atoms with Crippen LogP contribution in [0.25, 0.3) is 0 Å². The molecule has 0 aromatic rings. The van der Waals surface area contributed by atoms with E-state index >= 15 is 0 Å². The van der Waals surface area contributed by atoms with E-state index in [0.717, 1.165) is 12.8 Å². The maximum absolute atomic E-state index is 9.60. The topological polar surface area (TPSA) is 115 Å². The second-order valence-electron chi connectivity index (χ2n) is 5.84. The first-order valence-electron chi connectivity index (χ1n) is 7.03. The van der Waals surface area contributed by atoms with Gasteiger partial charge in [0, 0.05) is 23.5 Å². The quantitative estimate of drug-likeness (QED) is 0.459. The standard InChI is InChI=1S/C8H16O2.2C4H6O2/c1-6-3-4-7(2)8(9,10)5-6;2*1-3(2)4(5)6/h6-7,9-10H,3-5H2,1-2H3;2*1H2,2H3,(H,5,6). The number of carboxylic acids is 2. The van der Waals surface area contributed by atoms with Gasteiger partial charge in [0.15, 0.2) is 5.79 Å². The Hall–Kier alpha value is -1.66. The molecule has 0 radical (unpaired) electrons. The minimum atomic E-state index is -1.39. The number of aliphatic hydroxyl groups is 2. The van der Waals surface area contributed by atoms with E-state index in [0.29, 0.717) is 12.3 Å². The highest BCUT2D eigenvalue weighted by Gasteiger charge is 2.36. The molecule has 0 amide bonds. The fraction of sp³-hybridized carbons (Fsp3) is 0.625. The molecule has 0 heterocycles. The van der Waals surface area contributed by atoms with E-state index < -0.39 is 17.7 Å². The Morgan fingerprint density at radius 2 is 1.27 bits per heavy atom. The molecule has 0 saturated heterocycles. The summed E-state index contributed by atoms with van der Waals surface area (Å²) in [6, 6.07) is 0. The van der Waals surface area contributed by atoms with Gasteiger partial charge in [-0.3, -0.25) is 0 Å². The van der Waals surface area contributed by atoms with Gasteiger partial charge in [-0.1, -0.05) is 33.4 Å². The first-order valence-corrected chi connectivity index (χ1v) is 7.03. The highest BCUT2D eigenvalue weighted by atomic mass is 16.5. The van der Waals surface area contributed by atoms with Crippen LogP contribution in [0.1, 0.15) is 47.0 Å². The molecule has 2 atom stereocenters. The van der Waals surface area contributed by atoms with Crippen LogP contribution in [-0.4, -0.2) is 38.2 Å². The van der Waals surface area contributed by atoms with Crippen molar-refractivity contribution in [1.82, 2.24) is 0 Å². The third-order valence-corrected chi connectivity index (χ3v) is 3.26. The average molecular weight is 316 g/mol. The van der Waals surface area contributed by atoms with E-state index in [1.807, 2.05) is 6.92 Å². The highest BCUT2D eigenvalue weighted by molar-refractivity contribution is 5.85. The lowest BCUT2D eigenvalue weighted by Gasteiger charge is -2.36. The van der Waals surface area contributed by atoms with Crippen molar-refractivity contribution in [3.05, 3.63) is 24.3 Å². The molecule has 1 saturated carbocycles. The fourth-order valence-electron chi connectivity index (χ4n) is 1.58. The van der Waals surface area contributed by atoms with Crippen molar-refractivity contribution in [3.8, 4) is 0 Å². The molecular weight excluding hydrogens is 288 g/mol. The van der Waals surface area contributed by atoms with Gasteiger partial charge in [-0.25, -0.2) is 9.59 Å². The van der Waals surface area contributed by atoms with Gasteiger partial charge in [-0.15, -0.1) is 0 Å². The number of hydrogen-bond donors (Lipinski definition) is 4. The molecule has 4 N–H and O–H groups in total. The molecular formula is C16H28O6. The molecule has 1 fully saturated rings. The van der Waals surface area contributed by atoms with Crippen molar-refractivity contribution in [2.75, 3.05) is 0 Å². The zero-order valence-electron chi connectivity index (χ0n) is 13.8. The van der Waals surface area contributed by atoms with Crippen LogP contribution in [0.5, 0.6) is 0 Å². The summed E-state index contributed by atoms with van der Waals surface area (Å²) < 4.78 is 0. The van der Waals surface area contributed by atoms with Crippen molar-refractivity contribution in [1.29, 1.82) is 0 Å². The number of hydrogen-bond acceptors (Lipinski definition) is 4. The largest absolute Gasteiger partial charge is 0.478 e. The summed E-state index contributed by atoms with van der Waals surface area (Å²) in [5, 5.41) is 34.5. The molecule has 128 valence electrons. The maximum Gasteiger partial charge on any atom is 0.330 e. The summed E-state index contributed by atoms with van der Waals surface area (Å²) in [6.45, 7) is 13.2. The normalized spacial score (nSPS) is 22.1. The Labute approximate surface area is 131 Å². The van der Waals surface area contributed by atoms with Crippen LogP contribution in [0.3, 0.4) is 0 Å². The summed E-state index contributed by atoms with van der Waals surface area (Å²) in [7, 11) is 0. The lowest BCUT2D eigenvalue weighted by Crippen LogP contribution is -2.41.